The highest BCUT2D eigenvalue weighted by atomic mass is 35.5. The summed E-state index contributed by atoms with van der Waals surface area (Å²) in [5.41, 5.74) is 7.04. The van der Waals surface area contributed by atoms with Crippen molar-refractivity contribution in [1.29, 1.82) is 0 Å². The van der Waals surface area contributed by atoms with Crippen molar-refractivity contribution in [3.63, 3.8) is 0 Å². The van der Waals surface area contributed by atoms with Crippen LogP contribution < -0.4 is 11.1 Å². The molecule has 0 atom stereocenters. The number of halogens is 2. The predicted molar refractivity (Wildman–Crippen MR) is 86.4 cm³/mol. The molecule has 0 aromatic heterocycles. The standard InChI is InChI=1S/C15H12ClFN2OS/c1-8-3-2-4-10(13(8)16)15(20)19-9-5-6-12(17)11(7-9)14(18)21/h2-7H,1H3,(H2,18,21)(H,19,20). The van der Waals surface area contributed by atoms with Gasteiger partial charge in [0.1, 0.15) is 10.8 Å². The summed E-state index contributed by atoms with van der Waals surface area (Å²) in [5.74, 6) is -0.918. The van der Waals surface area contributed by atoms with E-state index in [9.17, 15) is 9.18 Å². The Labute approximate surface area is 131 Å². The lowest BCUT2D eigenvalue weighted by molar-refractivity contribution is 0.102. The highest BCUT2D eigenvalue weighted by molar-refractivity contribution is 7.80. The van der Waals surface area contributed by atoms with Gasteiger partial charge in [0.25, 0.3) is 5.91 Å². The van der Waals surface area contributed by atoms with Gasteiger partial charge in [0.15, 0.2) is 0 Å². The number of nitrogens with one attached hydrogen (secondary N) is 1. The number of thiocarbonyl (C=S) groups is 1. The Balaban J connectivity index is 2.30. The minimum absolute atomic E-state index is 0.0720. The molecule has 0 heterocycles. The van der Waals surface area contributed by atoms with E-state index >= 15 is 0 Å². The molecular weight excluding hydrogens is 311 g/mol. The van der Waals surface area contributed by atoms with E-state index in [1.165, 1.54) is 18.2 Å². The number of carbonyl (C=O) groups excluding carboxylic acids is 1. The van der Waals surface area contributed by atoms with E-state index in [0.717, 1.165) is 5.56 Å². The molecule has 2 aromatic rings. The molecule has 2 aromatic carbocycles. The maximum absolute atomic E-state index is 13.5. The summed E-state index contributed by atoms with van der Waals surface area (Å²) in [6, 6.07) is 9.17. The Morgan fingerprint density at radius 1 is 1.29 bits per heavy atom. The molecule has 21 heavy (non-hydrogen) atoms. The first-order valence-corrected chi connectivity index (χ1v) is 6.84. The van der Waals surface area contributed by atoms with Crippen LogP contribution in [0.2, 0.25) is 5.02 Å². The predicted octanol–water partition coefficient (Wildman–Crippen LogP) is 3.67. The number of amides is 1. The average molecular weight is 323 g/mol. The van der Waals surface area contributed by atoms with Crippen molar-refractivity contribution in [3.05, 3.63) is 63.9 Å². The lowest BCUT2D eigenvalue weighted by Gasteiger charge is -2.10. The molecule has 108 valence electrons. The molecule has 0 aliphatic carbocycles. The third-order valence-corrected chi connectivity index (χ3v) is 3.65. The number of anilines is 1. The minimum atomic E-state index is -0.533. The zero-order valence-corrected chi connectivity index (χ0v) is 12.7. The number of hydrogen-bond donors (Lipinski definition) is 2. The van der Waals surface area contributed by atoms with Crippen LogP contribution in [0.1, 0.15) is 21.5 Å². The molecule has 0 saturated heterocycles. The van der Waals surface area contributed by atoms with Crippen LogP contribution in [-0.2, 0) is 0 Å². The number of carbonyl (C=O) groups is 1. The number of hydrogen-bond acceptors (Lipinski definition) is 2. The van der Waals surface area contributed by atoms with Crippen LogP contribution in [0.3, 0.4) is 0 Å². The van der Waals surface area contributed by atoms with Gasteiger partial charge < -0.3 is 11.1 Å². The topological polar surface area (TPSA) is 55.1 Å². The van der Waals surface area contributed by atoms with Gasteiger partial charge in [-0.1, -0.05) is 36.0 Å². The van der Waals surface area contributed by atoms with Crippen molar-refractivity contribution in [2.75, 3.05) is 5.32 Å². The summed E-state index contributed by atoms with van der Waals surface area (Å²) in [4.78, 5) is 12.1. The summed E-state index contributed by atoms with van der Waals surface area (Å²) in [7, 11) is 0. The van der Waals surface area contributed by atoms with E-state index < -0.39 is 5.82 Å². The van der Waals surface area contributed by atoms with Gasteiger partial charge in [-0.3, -0.25) is 4.79 Å². The molecule has 0 aliphatic rings. The van der Waals surface area contributed by atoms with Crippen LogP contribution in [0.5, 0.6) is 0 Å². The maximum atomic E-state index is 13.5. The van der Waals surface area contributed by atoms with Gasteiger partial charge in [-0.2, -0.15) is 0 Å². The summed E-state index contributed by atoms with van der Waals surface area (Å²) in [6.07, 6.45) is 0. The lowest BCUT2D eigenvalue weighted by atomic mass is 10.1. The van der Waals surface area contributed by atoms with Crippen molar-refractivity contribution in [2.24, 2.45) is 5.73 Å². The zero-order valence-electron chi connectivity index (χ0n) is 11.1. The largest absolute Gasteiger partial charge is 0.389 e. The van der Waals surface area contributed by atoms with E-state index in [1.54, 1.807) is 12.1 Å². The summed E-state index contributed by atoms with van der Waals surface area (Å²) in [6.45, 7) is 1.81. The van der Waals surface area contributed by atoms with Crippen LogP contribution in [0.4, 0.5) is 10.1 Å². The highest BCUT2D eigenvalue weighted by Crippen LogP contribution is 2.22. The lowest BCUT2D eigenvalue weighted by Crippen LogP contribution is -2.15. The molecule has 1 amide bonds. The zero-order chi connectivity index (χ0) is 15.6. The monoisotopic (exact) mass is 322 g/mol. The van der Waals surface area contributed by atoms with Gasteiger partial charge in [-0.25, -0.2) is 4.39 Å². The quantitative estimate of drug-likeness (QED) is 0.848. The third-order valence-electron chi connectivity index (χ3n) is 2.93. The Morgan fingerprint density at radius 3 is 2.67 bits per heavy atom. The van der Waals surface area contributed by atoms with Gasteiger partial charge in [-0.05, 0) is 36.8 Å². The van der Waals surface area contributed by atoms with Gasteiger partial charge in [0.2, 0.25) is 0 Å². The van der Waals surface area contributed by atoms with Crippen LogP contribution >= 0.6 is 23.8 Å². The van der Waals surface area contributed by atoms with E-state index in [1.807, 2.05) is 13.0 Å². The number of aryl methyl sites for hydroxylation is 1. The Morgan fingerprint density at radius 2 is 2.00 bits per heavy atom. The molecule has 2 rings (SSSR count). The summed E-state index contributed by atoms with van der Waals surface area (Å²) >= 11 is 10.9. The number of nitrogens with two attached hydrogens (primary N) is 1. The van der Waals surface area contributed by atoms with Crippen LogP contribution in [0, 0.1) is 12.7 Å². The molecule has 0 aliphatic heterocycles. The molecule has 0 bridgehead atoms. The maximum Gasteiger partial charge on any atom is 0.257 e. The van der Waals surface area contributed by atoms with Crippen molar-refractivity contribution >= 4 is 40.4 Å². The minimum Gasteiger partial charge on any atom is -0.389 e. The molecule has 6 heteroatoms. The molecule has 0 spiro atoms. The molecule has 0 saturated carbocycles. The summed E-state index contributed by atoms with van der Waals surface area (Å²) in [5, 5.41) is 3.02. The first kappa shape index (κ1) is 15.4. The van der Waals surface area contributed by atoms with Gasteiger partial charge in [0, 0.05) is 11.3 Å². The normalized spacial score (nSPS) is 10.2. The van der Waals surface area contributed by atoms with Crippen LogP contribution in [0.25, 0.3) is 0 Å². The average Bonchev–Trinajstić information content (AvgIpc) is 2.43. The van der Waals surface area contributed by atoms with Gasteiger partial charge in [0.05, 0.1) is 10.6 Å². The van der Waals surface area contributed by atoms with Crippen molar-refractivity contribution in [1.82, 2.24) is 0 Å². The van der Waals surface area contributed by atoms with Crippen LogP contribution in [-0.4, -0.2) is 10.9 Å². The molecule has 3 nitrogen and oxygen atoms in total. The van der Waals surface area contributed by atoms with Gasteiger partial charge >= 0.3 is 0 Å². The Hall–Kier alpha value is -1.98. The van der Waals surface area contributed by atoms with Crippen molar-refractivity contribution < 1.29 is 9.18 Å². The second-order valence-corrected chi connectivity index (χ2v) is 5.27. The van der Waals surface area contributed by atoms with E-state index in [0.29, 0.717) is 16.3 Å². The van der Waals surface area contributed by atoms with Crippen LogP contribution in [0.15, 0.2) is 36.4 Å². The third kappa shape index (κ3) is 3.37. The molecular formula is C15H12ClFN2OS. The van der Waals surface area contributed by atoms with Crippen molar-refractivity contribution in [2.45, 2.75) is 6.92 Å². The molecule has 3 N–H and O–H groups in total. The van der Waals surface area contributed by atoms with Crippen molar-refractivity contribution in [3.8, 4) is 0 Å². The van der Waals surface area contributed by atoms with E-state index in [-0.39, 0.29) is 16.5 Å². The van der Waals surface area contributed by atoms with Gasteiger partial charge in [-0.15, -0.1) is 0 Å². The fourth-order valence-corrected chi connectivity index (χ4v) is 2.18. The molecule has 0 fully saturated rings. The first-order valence-electron chi connectivity index (χ1n) is 6.06. The highest BCUT2D eigenvalue weighted by Gasteiger charge is 2.13. The molecule has 0 unspecified atom stereocenters. The molecule has 0 radical (unpaired) electrons. The fourth-order valence-electron chi connectivity index (χ4n) is 1.81. The number of rotatable bonds is 3. The summed E-state index contributed by atoms with van der Waals surface area (Å²) < 4.78 is 13.5. The second kappa shape index (κ2) is 6.20. The SMILES string of the molecule is Cc1cccc(C(=O)Nc2ccc(F)c(C(N)=S)c2)c1Cl. The van der Waals surface area contributed by atoms with E-state index in [2.05, 4.69) is 5.32 Å². The fraction of sp³-hybridized carbons (Fsp3) is 0.0667. The number of benzene rings is 2. The van der Waals surface area contributed by atoms with E-state index in [4.69, 9.17) is 29.6 Å². The Kier molecular flexibility index (Phi) is 4.55. The smallest absolute Gasteiger partial charge is 0.257 e. The Bertz CT molecular complexity index is 734. The first-order chi connectivity index (χ1) is 9.90. The second-order valence-electron chi connectivity index (χ2n) is 4.45.